The molecule has 0 radical (unpaired) electrons. The van der Waals surface area contributed by atoms with E-state index in [9.17, 15) is 0 Å². The standard InChI is InChI=1S/C11H18N2/c1-4-9(2)13(3)11-7-5-6-10(12)8-11/h5-9H,4,12H2,1-3H3. The van der Waals surface area contributed by atoms with Crippen molar-refractivity contribution >= 4 is 11.4 Å². The maximum atomic E-state index is 5.71. The minimum Gasteiger partial charge on any atom is -0.399 e. The zero-order valence-electron chi connectivity index (χ0n) is 8.62. The smallest absolute Gasteiger partial charge is 0.0386 e. The van der Waals surface area contributed by atoms with Crippen molar-refractivity contribution in [1.29, 1.82) is 0 Å². The molecule has 0 aliphatic heterocycles. The van der Waals surface area contributed by atoms with E-state index in [0.717, 1.165) is 12.1 Å². The van der Waals surface area contributed by atoms with E-state index in [1.165, 1.54) is 5.69 Å². The van der Waals surface area contributed by atoms with Crippen LogP contribution in [-0.2, 0) is 0 Å². The van der Waals surface area contributed by atoms with Crippen LogP contribution in [0.5, 0.6) is 0 Å². The van der Waals surface area contributed by atoms with Gasteiger partial charge in [0.2, 0.25) is 0 Å². The summed E-state index contributed by atoms with van der Waals surface area (Å²) in [5, 5.41) is 0. The number of rotatable bonds is 3. The van der Waals surface area contributed by atoms with Crippen LogP contribution >= 0.6 is 0 Å². The van der Waals surface area contributed by atoms with E-state index in [-0.39, 0.29) is 0 Å². The van der Waals surface area contributed by atoms with Crippen molar-refractivity contribution in [3.8, 4) is 0 Å². The molecule has 1 aromatic carbocycles. The first-order valence-electron chi connectivity index (χ1n) is 4.73. The summed E-state index contributed by atoms with van der Waals surface area (Å²) in [7, 11) is 2.10. The minimum atomic E-state index is 0.557. The van der Waals surface area contributed by atoms with Crippen LogP contribution in [-0.4, -0.2) is 13.1 Å². The molecule has 72 valence electrons. The Kier molecular flexibility index (Phi) is 3.18. The summed E-state index contributed by atoms with van der Waals surface area (Å²) in [4.78, 5) is 2.25. The lowest BCUT2D eigenvalue weighted by Gasteiger charge is -2.26. The molecule has 0 fully saturated rings. The fraction of sp³-hybridized carbons (Fsp3) is 0.455. The Balaban J connectivity index is 2.82. The third kappa shape index (κ3) is 2.38. The predicted octanol–water partition coefficient (Wildman–Crippen LogP) is 2.50. The summed E-state index contributed by atoms with van der Waals surface area (Å²) in [6.07, 6.45) is 1.14. The maximum absolute atomic E-state index is 5.71. The van der Waals surface area contributed by atoms with Gasteiger partial charge in [0.15, 0.2) is 0 Å². The molecule has 0 saturated carbocycles. The van der Waals surface area contributed by atoms with E-state index in [2.05, 4.69) is 31.9 Å². The van der Waals surface area contributed by atoms with Crippen LogP contribution in [0, 0.1) is 0 Å². The van der Waals surface area contributed by atoms with Crippen molar-refractivity contribution in [2.45, 2.75) is 26.3 Å². The molecule has 0 bridgehead atoms. The molecule has 2 heteroatoms. The zero-order chi connectivity index (χ0) is 9.84. The number of anilines is 2. The second-order valence-corrected chi connectivity index (χ2v) is 3.46. The molecule has 0 aliphatic rings. The molecule has 1 unspecified atom stereocenters. The van der Waals surface area contributed by atoms with E-state index in [1.54, 1.807) is 0 Å². The molecule has 0 heterocycles. The average Bonchev–Trinajstić information content (AvgIpc) is 2.15. The number of nitrogens with zero attached hydrogens (tertiary/aromatic N) is 1. The summed E-state index contributed by atoms with van der Waals surface area (Å²) in [5.74, 6) is 0. The fourth-order valence-corrected chi connectivity index (χ4v) is 1.27. The SMILES string of the molecule is CCC(C)N(C)c1cccc(N)c1. The van der Waals surface area contributed by atoms with E-state index in [1.807, 2.05) is 18.2 Å². The lowest BCUT2D eigenvalue weighted by molar-refractivity contribution is 0.664. The van der Waals surface area contributed by atoms with Crippen LogP contribution in [0.3, 0.4) is 0 Å². The number of hydrogen-bond acceptors (Lipinski definition) is 2. The predicted molar refractivity (Wildman–Crippen MR) is 59.0 cm³/mol. The lowest BCUT2D eigenvalue weighted by atomic mass is 10.2. The van der Waals surface area contributed by atoms with Crippen LogP contribution < -0.4 is 10.6 Å². The van der Waals surface area contributed by atoms with Crippen LogP contribution in [0.25, 0.3) is 0 Å². The number of hydrogen-bond donors (Lipinski definition) is 1. The third-order valence-electron chi connectivity index (χ3n) is 2.53. The Bertz CT molecular complexity index is 271. The first-order valence-corrected chi connectivity index (χ1v) is 4.73. The van der Waals surface area contributed by atoms with Gasteiger partial charge in [0.05, 0.1) is 0 Å². The molecule has 1 aromatic rings. The van der Waals surface area contributed by atoms with E-state index >= 15 is 0 Å². The van der Waals surface area contributed by atoms with Gasteiger partial charge in [0.1, 0.15) is 0 Å². The van der Waals surface area contributed by atoms with Gasteiger partial charge < -0.3 is 10.6 Å². The van der Waals surface area contributed by atoms with Gasteiger partial charge in [-0.1, -0.05) is 13.0 Å². The number of nitrogen functional groups attached to an aromatic ring is 1. The van der Waals surface area contributed by atoms with Crippen LogP contribution in [0.1, 0.15) is 20.3 Å². The van der Waals surface area contributed by atoms with Crippen molar-refractivity contribution in [1.82, 2.24) is 0 Å². The molecule has 0 saturated heterocycles. The van der Waals surface area contributed by atoms with Crippen molar-refractivity contribution < 1.29 is 0 Å². The largest absolute Gasteiger partial charge is 0.399 e. The van der Waals surface area contributed by atoms with Crippen LogP contribution in [0.15, 0.2) is 24.3 Å². The van der Waals surface area contributed by atoms with Crippen molar-refractivity contribution in [2.24, 2.45) is 0 Å². The second kappa shape index (κ2) is 4.17. The van der Waals surface area contributed by atoms with Crippen molar-refractivity contribution in [3.63, 3.8) is 0 Å². The average molecular weight is 178 g/mol. The van der Waals surface area contributed by atoms with E-state index in [0.29, 0.717) is 6.04 Å². The molecule has 2 N–H and O–H groups in total. The van der Waals surface area contributed by atoms with Crippen molar-refractivity contribution in [2.75, 3.05) is 17.7 Å². The van der Waals surface area contributed by atoms with Gasteiger partial charge in [-0.25, -0.2) is 0 Å². The van der Waals surface area contributed by atoms with Gasteiger partial charge in [0, 0.05) is 24.5 Å². The van der Waals surface area contributed by atoms with Gasteiger partial charge in [0.25, 0.3) is 0 Å². The molecule has 2 nitrogen and oxygen atoms in total. The first kappa shape index (κ1) is 9.90. The summed E-state index contributed by atoms with van der Waals surface area (Å²) >= 11 is 0. The Morgan fingerprint density at radius 2 is 2.15 bits per heavy atom. The molecular weight excluding hydrogens is 160 g/mol. The first-order chi connectivity index (χ1) is 6.15. The highest BCUT2D eigenvalue weighted by molar-refractivity contribution is 5.55. The van der Waals surface area contributed by atoms with Gasteiger partial charge >= 0.3 is 0 Å². The quantitative estimate of drug-likeness (QED) is 0.720. The molecule has 0 aromatic heterocycles. The maximum Gasteiger partial charge on any atom is 0.0386 e. The van der Waals surface area contributed by atoms with Crippen LogP contribution in [0.2, 0.25) is 0 Å². The molecule has 0 aliphatic carbocycles. The van der Waals surface area contributed by atoms with E-state index < -0.39 is 0 Å². The molecular formula is C11H18N2. The van der Waals surface area contributed by atoms with Gasteiger partial charge in [-0.05, 0) is 31.5 Å². The Morgan fingerprint density at radius 3 is 2.69 bits per heavy atom. The normalized spacial score (nSPS) is 12.5. The minimum absolute atomic E-state index is 0.557. The molecule has 13 heavy (non-hydrogen) atoms. The molecule has 0 spiro atoms. The van der Waals surface area contributed by atoms with Crippen molar-refractivity contribution in [3.05, 3.63) is 24.3 Å². The summed E-state index contributed by atoms with van der Waals surface area (Å²) in [5.41, 5.74) is 7.73. The van der Waals surface area contributed by atoms with Crippen LogP contribution in [0.4, 0.5) is 11.4 Å². The fourth-order valence-electron chi connectivity index (χ4n) is 1.27. The Morgan fingerprint density at radius 1 is 1.46 bits per heavy atom. The molecule has 1 rings (SSSR count). The Labute approximate surface area is 80.4 Å². The summed E-state index contributed by atoms with van der Waals surface area (Å²) in [6, 6.07) is 8.55. The second-order valence-electron chi connectivity index (χ2n) is 3.46. The van der Waals surface area contributed by atoms with Gasteiger partial charge in [-0.15, -0.1) is 0 Å². The summed E-state index contributed by atoms with van der Waals surface area (Å²) < 4.78 is 0. The number of nitrogens with two attached hydrogens (primary N) is 1. The third-order valence-corrected chi connectivity index (χ3v) is 2.53. The lowest BCUT2D eigenvalue weighted by Crippen LogP contribution is -2.27. The molecule has 1 atom stereocenters. The van der Waals surface area contributed by atoms with E-state index in [4.69, 9.17) is 5.73 Å². The summed E-state index contributed by atoms with van der Waals surface area (Å²) in [6.45, 7) is 4.40. The van der Waals surface area contributed by atoms with Gasteiger partial charge in [-0.3, -0.25) is 0 Å². The topological polar surface area (TPSA) is 29.3 Å². The highest BCUT2D eigenvalue weighted by Crippen LogP contribution is 2.18. The van der Waals surface area contributed by atoms with Gasteiger partial charge in [-0.2, -0.15) is 0 Å². The molecule has 0 amide bonds. The zero-order valence-corrected chi connectivity index (χ0v) is 8.62. The Hall–Kier alpha value is -1.18. The number of benzene rings is 1. The highest BCUT2D eigenvalue weighted by Gasteiger charge is 2.06. The monoisotopic (exact) mass is 178 g/mol. The highest BCUT2D eigenvalue weighted by atomic mass is 15.1.